The predicted molar refractivity (Wildman–Crippen MR) is 69.7 cm³/mol. The molecule has 0 aliphatic carbocycles. The SMILES string of the molecule is C#Cc1ccnc(N2CCCC(CC=C)C2)n1. The van der Waals surface area contributed by atoms with Gasteiger partial charge in [-0.05, 0) is 31.2 Å². The lowest BCUT2D eigenvalue weighted by molar-refractivity contribution is 0.415. The molecule has 1 aliphatic rings. The normalized spacial score (nSPS) is 19.7. The second-order valence-corrected chi connectivity index (χ2v) is 4.36. The summed E-state index contributed by atoms with van der Waals surface area (Å²) in [5.41, 5.74) is 0.654. The topological polar surface area (TPSA) is 29.0 Å². The van der Waals surface area contributed by atoms with Crippen LogP contribution in [0.2, 0.25) is 0 Å². The Morgan fingerprint density at radius 3 is 3.29 bits per heavy atom. The van der Waals surface area contributed by atoms with Gasteiger partial charge in [0.05, 0.1) is 0 Å². The number of terminal acetylenes is 1. The first-order valence-electron chi connectivity index (χ1n) is 5.99. The summed E-state index contributed by atoms with van der Waals surface area (Å²) in [5.74, 6) is 3.97. The molecule has 0 N–H and O–H groups in total. The first-order valence-corrected chi connectivity index (χ1v) is 5.99. The summed E-state index contributed by atoms with van der Waals surface area (Å²) in [6, 6.07) is 1.76. The van der Waals surface area contributed by atoms with Gasteiger partial charge in [0, 0.05) is 19.3 Å². The van der Waals surface area contributed by atoms with E-state index >= 15 is 0 Å². The van der Waals surface area contributed by atoms with Crippen molar-refractivity contribution >= 4 is 5.95 Å². The number of piperidine rings is 1. The van der Waals surface area contributed by atoms with Crippen LogP contribution in [0.25, 0.3) is 0 Å². The molecule has 0 amide bonds. The van der Waals surface area contributed by atoms with Crippen LogP contribution < -0.4 is 4.90 Å². The first kappa shape index (κ1) is 11.7. The predicted octanol–water partition coefficient (Wildman–Crippen LogP) is 2.25. The summed E-state index contributed by atoms with van der Waals surface area (Å²) in [6.45, 7) is 5.82. The van der Waals surface area contributed by atoms with Crippen molar-refractivity contribution in [2.24, 2.45) is 5.92 Å². The van der Waals surface area contributed by atoms with Crippen LogP contribution >= 0.6 is 0 Å². The largest absolute Gasteiger partial charge is 0.341 e. The Labute approximate surface area is 103 Å². The molecule has 1 aliphatic heterocycles. The van der Waals surface area contributed by atoms with E-state index in [1.807, 2.05) is 6.08 Å². The van der Waals surface area contributed by atoms with Gasteiger partial charge in [0.15, 0.2) is 0 Å². The molecule has 1 aromatic rings. The molecular formula is C14H17N3. The number of anilines is 1. The Hall–Kier alpha value is -1.82. The molecule has 17 heavy (non-hydrogen) atoms. The van der Waals surface area contributed by atoms with Gasteiger partial charge in [-0.3, -0.25) is 0 Å². The molecule has 0 spiro atoms. The van der Waals surface area contributed by atoms with Gasteiger partial charge < -0.3 is 4.90 Å². The van der Waals surface area contributed by atoms with Crippen molar-refractivity contribution in [2.75, 3.05) is 18.0 Å². The number of rotatable bonds is 3. The van der Waals surface area contributed by atoms with E-state index in [2.05, 4.69) is 27.4 Å². The fraction of sp³-hybridized carbons (Fsp3) is 0.429. The fourth-order valence-electron chi connectivity index (χ4n) is 2.26. The number of nitrogens with zero attached hydrogens (tertiary/aromatic N) is 3. The zero-order valence-corrected chi connectivity index (χ0v) is 9.97. The highest BCUT2D eigenvalue weighted by molar-refractivity contribution is 5.35. The molecule has 1 unspecified atom stereocenters. The van der Waals surface area contributed by atoms with Gasteiger partial charge in [0.2, 0.25) is 5.95 Å². The average Bonchev–Trinajstić information content (AvgIpc) is 2.40. The quantitative estimate of drug-likeness (QED) is 0.586. The Morgan fingerprint density at radius 1 is 1.65 bits per heavy atom. The van der Waals surface area contributed by atoms with E-state index in [1.165, 1.54) is 12.8 Å². The van der Waals surface area contributed by atoms with Gasteiger partial charge in [0.1, 0.15) is 5.69 Å². The van der Waals surface area contributed by atoms with E-state index in [9.17, 15) is 0 Å². The zero-order chi connectivity index (χ0) is 12.1. The van der Waals surface area contributed by atoms with Gasteiger partial charge >= 0.3 is 0 Å². The van der Waals surface area contributed by atoms with Crippen LogP contribution in [0.5, 0.6) is 0 Å². The summed E-state index contributed by atoms with van der Waals surface area (Å²) in [5, 5.41) is 0. The summed E-state index contributed by atoms with van der Waals surface area (Å²) in [4.78, 5) is 10.9. The molecule has 0 aromatic carbocycles. The van der Waals surface area contributed by atoms with Crippen LogP contribution in [0, 0.1) is 18.3 Å². The van der Waals surface area contributed by atoms with Gasteiger partial charge in [-0.25, -0.2) is 9.97 Å². The van der Waals surface area contributed by atoms with E-state index < -0.39 is 0 Å². The maximum absolute atomic E-state index is 5.35. The van der Waals surface area contributed by atoms with Crippen LogP contribution in [0.4, 0.5) is 5.95 Å². The van der Waals surface area contributed by atoms with Crippen LogP contribution in [0.1, 0.15) is 25.0 Å². The van der Waals surface area contributed by atoms with Crippen LogP contribution in [-0.2, 0) is 0 Å². The fourth-order valence-corrected chi connectivity index (χ4v) is 2.26. The summed E-state index contributed by atoms with van der Waals surface area (Å²) in [6.07, 6.45) is 12.6. The lowest BCUT2D eigenvalue weighted by Crippen LogP contribution is -2.36. The molecule has 0 saturated carbocycles. The smallest absolute Gasteiger partial charge is 0.226 e. The standard InChI is InChI=1S/C14H17N3/c1-3-6-12-7-5-10-17(11-12)14-15-9-8-13(4-2)16-14/h2-3,8-9,12H,1,5-7,10-11H2. The van der Waals surface area contributed by atoms with E-state index in [0.29, 0.717) is 11.6 Å². The monoisotopic (exact) mass is 227 g/mol. The van der Waals surface area contributed by atoms with Crippen LogP contribution in [0.3, 0.4) is 0 Å². The van der Waals surface area contributed by atoms with Crippen molar-refractivity contribution in [1.29, 1.82) is 0 Å². The lowest BCUT2D eigenvalue weighted by Gasteiger charge is -2.32. The molecule has 88 valence electrons. The number of allylic oxidation sites excluding steroid dienone is 1. The van der Waals surface area contributed by atoms with E-state index in [4.69, 9.17) is 6.42 Å². The third-order valence-electron chi connectivity index (χ3n) is 3.09. The van der Waals surface area contributed by atoms with Gasteiger partial charge in [-0.2, -0.15) is 0 Å². The molecule has 2 rings (SSSR count). The molecular weight excluding hydrogens is 210 g/mol. The molecule has 0 bridgehead atoms. The van der Waals surface area contributed by atoms with Gasteiger partial charge in [0.25, 0.3) is 0 Å². The average molecular weight is 227 g/mol. The third-order valence-corrected chi connectivity index (χ3v) is 3.09. The molecule has 3 heteroatoms. The van der Waals surface area contributed by atoms with Crippen LogP contribution in [-0.4, -0.2) is 23.1 Å². The molecule has 2 heterocycles. The van der Waals surface area contributed by atoms with Crippen molar-refractivity contribution in [2.45, 2.75) is 19.3 Å². The maximum Gasteiger partial charge on any atom is 0.226 e. The highest BCUT2D eigenvalue weighted by Crippen LogP contribution is 2.22. The minimum Gasteiger partial charge on any atom is -0.341 e. The zero-order valence-electron chi connectivity index (χ0n) is 9.97. The number of hydrogen-bond donors (Lipinski definition) is 0. The van der Waals surface area contributed by atoms with E-state index in [0.717, 1.165) is 25.5 Å². The van der Waals surface area contributed by atoms with Gasteiger partial charge in [-0.1, -0.05) is 12.0 Å². The summed E-state index contributed by atoms with van der Waals surface area (Å²) < 4.78 is 0. The molecule has 1 saturated heterocycles. The Kier molecular flexibility index (Phi) is 3.77. The van der Waals surface area contributed by atoms with Crippen molar-refractivity contribution in [3.05, 3.63) is 30.6 Å². The van der Waals surface area contributed by atoms with Crippen molar-refractivity contribution in [1.82, 2.24) is 9.97 Å². The molecule has 3 nitrogen and oxygen atoms in total. The Bertz CT molecular complexity index is 433. The summed E-state index contributed by atoms with van der Waals surface area (Å²) in [7, 11) is 0. The number of hydrogen-bond acceptors (Lipinski definition) is 3. The third kappa shape index (κ3) is 2.85. The Morgan fingerprint density at radius 2 is 2.53 bits per heavy atom. The highest BCUT2D eigenvalue weighted by Gasteiger charge is 2.20. The van der Waals surface area contributed by atoms with E-state index in [1.54, 1.807) is 12.3 Å². The second-order valence-electron chi connectivity index (χ2n) is 4.36. The molecule has 1 fully saturated rings. The summed E-state index contributed by atoms with van der Waals surface area (Å²) >= 11 is 0. The number of aromatic nitrogens is 2. The maximum atomic E-state index is 5.35. The minimum absolute atomic E-state index is 0.654. The van der Waals surface area contributed by atoms with Crippen molar-refractivity contribution < 1.29 is 0 Å². The van der Waals surface area contributed by atoms with Crippen LogP contribution in [0.15, 0.2) is 24.9 Å². The highest BCUT2D eigenvalue weighted by atomic mass is 15.3. The molecule has 1 atom stereocenters. The van der Waals surface area contributed by atoms with Crippen molar-refractivity contribution in [3.8, 4) is 12.3 Å². The van der Waals surface area contributed by atoms with E-state index in [-0.39, 0.29) is 0 Å². The minimum atomic E-state index is 0.654. The molecule has 1 aromatic heterocycles. The first-order chi connectivity index (χ1) is 8.33. The molecule has 0 radical (unpaired) electrons. The second kappa shape index (κ2) is 5.49. The van der Waals surface area contributed by atoms with Crippen molar-refractivity contribution in [3.63, 3.8) is 0 Å². The Balaban J connectivity index is 2.10. The van der Waals surface area contributed by atoms with Gasteiger partial charge in [-0.15, -0.1) is 13.0 Å². The lowest BCUT2D eigenvalue weighted by atomic mass is 9.95.